The van der Waals surface area contributed by atoms with Crippen LogP contribution in [0, 0.1) is 0 Å². The molecule has 0 spiro atoms. The van der Waals surface area contributed by atoms with Crippen molar-refractivity contribution in [1.82, 2.24) is 4.98 Å². The second-order valence-corrected chi connectivity index (χ2v) is 5.88. The van der Waals surface area contributed by atoms with E-state index in [4.69, 9.17) is 11.6 Å². The molecule has 0 aliphatic carbocycles. The van der Waals surface area contributed by atoms with Crippen molar-refractivity contribution in [1.29, 1.82) is 0 Å². The Morgan fingerprint density at radius 3 is 2.42 bits per heavy atom. The highest BCUT2D eigenvalue weighted by Gasteiger charge is 2.18. The van der Waals surface area contributed by atoms with E-state index in [1.807, 2.05) is 79.1 Å². The van der Waals surface area contributed by atoms with Crippen LogP contribution in [0.2, 0.25) is 5.02 Å². The number of benzene rings is 2. The molecule has 2 aromatic carbocycles. The average Bonchev–Trinajstić information content (AvgIpc) is 3.00. The predicted molar refractivity (Wildman–Crippen MR) is 98.1 cm³/mol. The summed E-state index contributed by atoms with van der Waals surface area (Å²) in [7, 11) is 0. The van der Waals surface area contributed by atoms with Crippen LogP contribution in [-0.4, -0.2) is 11.2 Å². The minimum absolute atomic E-state index is 0.727. The molecular formula is C20H15ClN3+. The minimum Gasteiger partial charge on any atom is -0.252 e. The van der Waals surface area contributed by atoms with E-state index in [-0.39, 0.29) is 0 Å². The van der Waals surface area contributed by atoms with E-state index in [0.717, 1.165) is 33.3 Å². The molecule has 3 nitrogen and oxygen atoms in total. The van der Waals surface area contributed by atoms with Gasteiger partial charge in [-0.25, -0.2) is 4.98 Å². The van der Waals surface area contributed by atoms with Crippen molar-refractivity contribution in [2.75, 3.05) is 0 Å². The highest BCUT2D eigenvalue weighted by atomic mass is 35.5. The number of halogens is 1. The summed E-state index contributed by atoms with van der Waals surface area (Å²) in [5.41, 5.74) is 4.03. The first-order valence-electron chi connectivity index (χ1n) is 7.69. The first-order valence-corrected chi connectivity index (χ1v) is 8.06. The Morgan fingerprint density at radius 1 is 0.875 bits per heavy atom. The summed E-state index contributed by atoms with van der Waals surface area (Å²) in [6, 6.07) is 23.8. The molecule has 0 atom stereocenters. The van der Waals surface area contributed by atoms with E-state index >= 15 is 0 Å². The number of pyridine rings is 1. The molecule has 0 aliphatic heterocycles. The summed E-state index contributed by atoms with van der Waals surface area (Å²) >= 11 is 6.00. The highest BCUT2D eigenvalue weighted by Crippen LogP contribution is 2.20. The standard InChI is InChI=1S/C20H14ClN3/c21-16-11-9-15(10-12-16)20-23-18(19-8-4-5-13-24(19)20)14-22-17-6-2-1-3-7-17/h1-14H/p+1. The van der Waals surface area contributed by atoms with E-state index in [0.29, 0.717) is 0 Å². The lowest BCUT2D eigenvalue weighted by Gasteiger charge is -1.94. The van der Waals surface area contributed by atoms with Crippen LogP contribution in [0.1, 0.15) is 5.69 Å². The van der Waals surface area contributed by atoms with Gasteiger partial charge in [0.2, 0.25) is 0 Å². The van der Waals surface area contributed by atoms with Crippen molar-refractivity contribution in [2.24, 2.45) is 4.99 Å². The lowest BCUT2D eigenvalue weighted by Crippen LogP contribution is -2.21. The molecule has 0 bridgehead atoms. The first kappa shape index (κ1) is 14.7. The van der Waals surface area contributed by atoms with Gasteiger partial charge in [0, 0.05) is 5.02 Å². The lowest BCUT2D eigenvalue weighted by atomic mass is 10.2. The molecule has 0 saturated heterocycles. The van der Waals surface area contributed by atoms with Crippen molar-refractivity contribution >= 4 is 29.0 Å². The van der Waals surface area contributed by atoms with Gasteiger partial charge in [-0.1, -0.05) is 35.9 Å². The van der Waals surface area contributed by atoms with Gasteiger partial charge in [0.1, 0.15) is 0 Å². The maximum atomic E-state index is 6.00. The number of hydrogen-bond acceptors (Lipinski definition) is 1. The van der Waals surface area contributed by atoms with Crippen LogP contribution in [0.25, 0.3) is 16.9 Å². The molecule has 116 valence electrons. The monoisotopic (exact) mass is 332 g/mol. The summed E-state index contributed by atoms with van der Waals surface area (Å²) in [5, 5.41) is 0.727. The van der Waals surface area contributed by atoms with Gasteiger partial charge in [-0.05, 0) is 48.5 Å². The van der Waals surface area contributed by atoms with E-state index in [2.05, 4.69) is 20.4 Å². The van der Waals surface area contributed by atoms with Crippen molar-refractivity contribution in [2.45, 2.75) is 0 Å². The molecule has 0 radical (unpaired) electrons. The van der Waals surface area contributed by atoms with E-state index in [1.54, 1.807) is 0 Å². The fourth-order valence-corrected chi connectivity index (χ4v) is 2.81. The van der Waals surface area contributed by atoms with Crippen LogP contribution in [0.15, 0.2) is 84.0 Å². The van der Waals surface area contributed by atoms with E-state index < -0.39 is 0 Å². The molecule has 0 unspecified atom stereocenters. The quantitative estimate of drug-likeness (QED) is 0.412. The van der Waals surface area contributed by atoms with Crippen molar-refractivity contribution in [3.05, 3.63) is 89.7 Å². The van der Waals surface area contributed by atoms with Gasteiger partial charge in [-0.2, -0.15) is 4.40 Å². The maximum Gasteiger partial charge on any atom is 0.292 e. The lowest BCUT2D eigenvalue weighted by molar-refractivity contribution is -0.498. The van der Waals surface area contributed by atoms with Gasteiger partial charge in [-0.3, -0.25) is 4.99 Å². The third-order valence-electron chi connectivity index (χ3n) is 3.85. The zero-order chi connectivity index (χ0) is 16.4. The number of rotatable bonds is 3. The molecule has 0 fully saturated rings. The Bertz CT molecular complexity index is 1000. The summed E-state index contributed by atoms with van der Waals surface area (Å²) in [6.07, 6.45) is 3.90. The number of para-hydroxylation sites is 1. The highest BCUT2D eigenvalue weighted by molar-refractivity contribution is 6.30. The van der Waals surface area contributed by atoms with E-state index in [1.165, 1.54) is 0 Å². The van der Waals surface area contributed by atoms with Gasteiger partial charge < -0.3 is 0 Å². The van der Waals surface area contributed by atoms with Crippen LogP contribution in [0.3, 0.4) is 0 Å². The van der Waals surface area contributed by atoms with E-state index in [9.17, 15) is 0 Å². The number of aromatic nitrogens is 2. The molecular weight excluding hydrogens is 318 g/mol. The molecule has 4 rings (SSSR count). The van der Waals surface area contributed by atoms with Gasteiger partial charge >= 0.3 is 0 Å². The zero-order valence-electron chi connectivity index (χ0n) is 12.9. The van der Waals surface area contributed by atoms with Crippen LogP contribution < -0.4 is 4.40 Å². The number of imidazole rings is 1. The summed E-state index contributed by atoms with van der Waals surface area (Å²) in [4.78, 5) is 8.02. The van der Waals surface area contributed by atoms with Gasteiger partial charge in [0.15, 0.2) is 11.2 Å². The minimum atomic E-state index is 0.727. The molecule has 4 heteroatoms. The Kier molecular flexibility index (Phi) is 3.85. The summed E-state index contributed by atoms with van der Waals surface area (Å²) < 4.78 is 2.12. The molecule has 1 N–H and O–H groups in total. The largest absolute Gasteiger partial charge is 0.292 e. The molecule has 2 aromatic heterocycles. The fraction of sp³-hybridized carbons (Fsp3) is 0. The average molecular weight is 333 g/mol. The van der Waals surface area contributed by atoms with Crippen molar-refractivity contribution in [3.63, 3.8) is 0 Å². The van der Waals surface area contributed by atoms with Crippen LogP contribution in [-0.2, 0) is 0 Å². The molecule has 24 heavy (non-hydrogen) atoms. The molecule has 0 amide bonds. The first-order chi connectivity index (χ1) is 11.8. The summed E-state index contributed by atoms with van der Waals surface area (Å²) in [5.74, 6) is 0.997. The Morgan fingerprint density at radius 2 is 1.62 bits per heavy atom. The number of H-pyrrole nitrogens is 1. The molecule has 4 aromatic rings. The SMILES string of the molecule is Clc1ccc(-c2[nH]c(C=Nc3ccccc3)c3cccc[n+]23)cc1. The van der Waals surface area contributed by atoms with Crippen LogP contribution in [0.4, 0.5) is 5.69 Å². The molecule has 0 saturated carbocycles. The number of nitrogens with one attached hydrogen (secondary N) is 1. The third kappa shape index (κ3) is 2.82. The second-order valence-electron chi connectivity index (χ2n) is 5.44. The van der Waals surface area contributed by atoms with Gasteiger partial charge in [0.25, 0.3) is 5.82 Å². The van der Waals surface area contributed by atoms with Gasteiger partial charge in [-0.15, -0.1) is 0 Å². The fourth-order valence-electron chi connectivity index (χ4n) is 2.68. The number of fused-ring (bicyclic) bond motifs is 1. The van der Waals surface area contributed by atoms with Crippen molar-refractivity contribution < 1.29 is 4.40 Å². The van der Waals surface area contributed by atoms with Crippen LogP contribution in [0.5, 0.6) is 0 Å². The maximum absolute atomic E-state index is 6.00. The second kappa shape index (κ2) is 6.30. The molecule has 2 heterocycles. The molecule has 0 aliphatic rings. The smallest absolute Gasteiger partial charge is 0.252 e. The Labute approximate surface area is 144 Å². The third-order valence-corrected chi connectivity index (χ3v) is 4.10. The number of aliphatic imine (C=N–C) groups is 1. The summed E-state index contributed by atoms with van der Waals surface area (Å²) in [6.45, 7) is 0. The zero-order valence-corrected chi connectivity index (χ0v) is 13.6. The Hall–Kier alpha value is -2.91. The number of nitrogens with zero attached hydrogens (tertiary/aromatic N) is 2. The number of aromatic amines is 1. The van der Waals surface area contributed by atoms with Crippen molar-refractivity contribution in [3.8, 4) is 11.4 Å². The predicted octanol–water partition coefficient (Wildman–Crippen LogP) is 4.82. The number of hydrogen-bond donors (Lipinski definition) is 1. The topological polar surface area (TPSA) is 32.2 Å². The normalized spacial score (nSPS) is 11.4. The van der Waals surface area contributed by atoms with Gasteiger partial charge in [0.05, 0.1) is 23.7 Å². The van der Waals surface area contributed by atoms with Crippen LogP contribution >= 0.6 is 11.6 Å². The Balaban J connectivity index is 1.82.